The number of nitrogens with one attached hydrogen (secondary N) is 1. The third-order valence-corrected chi connectivity index (χ3v) is 3.41. The van der Waals surface area contributed by atoms with Crippen molar-refractivity contribution in [3.63, 3.8) is 0 Å². The molecule has 0 aromatic carbocycles. The van der Waals surface area contributed by atoms with Gasteiger partial charge in [0, 0.05) is 18.9 Å². The summed E-state index contributed by atoms with van der Waals surface area (Å²) in [5.41, 5.74) is 0. The Kier molecular flexibility index (Phi) is 4.11. The fourth-order valence-electron chi connectivity index (χ4n) is 1.39. The van der Waals surface area contributed by atoms with Gasteiger partial charge in [0.1, 0.15) is 15.7 Å². The molecule has 4 nitrogen and oxygen atoms in total. The molecule has 0 aliphatic carbocycles. The van der Waals surface area contributed by atoms with E-state index in [1.807, 2.05) is 6.92 Å². The molecule has 0 aliphatic rings. The third kappa shape index (κ3) is 3.71. The molecule has 1 N–H and O–H groups in total. The number of hydrogen-bond donors (Lipinski definition) is 1. The van der Waals surface area contributed by atoms with Crippen LogP contribution in [-0.4, -0.2) is 15.0 Å². The molecule has 1 unspecified atom stereocenters. The lowest BCUT2D eigenvalue weighted by atomic mass is 10.3. The van der Waals surface area contributed by atoms with Gasteiger partial charge < -0.3 is 5.32 Å². The highest BCUT2D eigenvalue weighted by Gasteiger charge is 2.33. The second-order valence-corrected chi connectivity index (χ2v) is 4.94. The molecular weight excluding hydrogens is 277 g/mol. The van der Waals surface area contributed by atoms with E-state index in [9.17, 15) is 13.2 Å². The number of hydrogen-bond acceptors (Lipinski definition) is 5. The first-order valence-electron chi connectivity index (χ1n) is 5.49. The van der Waals surface area contributed by atoms with Crippen molar-refractivity contribution in [2.24, 2.45) is 0 Å². The average molecular weight is 288 g/mol. The molecule has 1 atom stereocenters. The van der Waals surface area contributed by atoms with Gasteiger partial charge in [-0.05, 0) is 13.0 Å². The summed E-state index contributed by atoms with van der Waals surface area (Å²) in [5.74, 6) is 0.593. The van der Waals surface area contributed by atoms with Crippen molar-refractivity contribution in [2.75, 3.05) is 0 Å². The molecule has 0 fully saturated rings. The lowest BCUT2D eigenvalue weighted by Gasteiger charge is -2.10. The van der Waals surface area contributed by atoms with Crippen LogP contribution in [0.15, 0.2) is 24.7 Å². The zero-order valence-corrected chi connectivity index (χ0v) is 10.8. The number of nitrogens with zero attached hydrogens (tertiary/aromatic N) is 3. The predicted octanol–water partition coefficient (Wildman–Crippen LogP) is 2.80. The minimum atomic E-state index is -4.33. The zero-order valence-electron chi connectivity index (χ0n) is 9.98. The Morgan fingerprint density at radius 1 is 1.26 bits per heavy atom. The Balaban J connectivity index is 1.94. The van der Waals surface area contributed by atoms with Gasteiger partial charge in [-0.15, -0.1) is 11.3 Å². The summed E-state index contributed by atoms with van der Waals surface area (Å²) in [6, 6.07) is 1.55. The van der Waals surface area contributed by atoms with Gasteiger partial charge in [-0.3, -0.25) is 0 Å². The van der Waals surface area contributed by atoms with E-state index in [2.05, 4.69) is 20.3 Å². The average Bonchev–Trinajstić information content (AvgIpc) is 2.86. The zero-order chi connectivity index (χ0) is 13.9. The minimum Gasteiger partial charge on any atom is -0.301 e. The van der Waals surface area contributed by atoms with Crippen molar-refractivity contribution in [3.8, 4) is 0 Å². The van der Waals surface area contributed by atoms with Crippen LogP contribution in [0.1, 0.15) is 28.7 Å². The largest absolute Gasteiger partial charge is 0.427 e. The molecule has 0 aliphatic heterocycles. The van der Waals surface area contributed by atoms with Crippen LogP contribution in [0.25, 0.3) is 0 Å². The lowest BCUT2D eigenvalue weighted by Crippen LogP contribution is -2.19. The predicted molar refractivity (Wildman–Crippen MR) is 64.4 cm³/mol. The number of aromatic nitrogens is 3. The molecular formula is C11H11F3N4S. The summed E-state index contributed by atoms with van der Waals surface area (Å²) < 4.78 is 37.2. The van der Waals surface area contributed by atoms with Crippen molar-refractivity contribution in [1.29, 1.82) is 0 Å². The van der Waals surface area contributed by atoms with Crippen LogP contribution >= 0.6 is 11.3 Å². The molecule has 0 amide bonds. The van der Waals surface area contributed by atoms with Gasteiger partial charge in [-0.1, -0.05) is 0 Å². The Bertz CT molecular complexity index is 526. The van der Waals surface area contributed by atoms with Gasteiger partial charge >= 0.3 is 6.18 Å². The molecule has 0 saturated heterocycles. The van der Waals surface area contributed by atoms with E-state index in [4.69, 9.17) is 0 Å². The van der Waals surface area contributed by atoms with E-state index in [-0.39, 0.29) is 12.6 Å². The van der Waals surface area contributed by atoms with E-state index in [1.165, 1.54) is 0 Å². The van der Waals surface area contributed by atoms with Crippen LogP contribution in [-0.2, 0) is 12.7 Å². The smallest absolute Gasteiger partial charge is 0.301 e. The first-order chi connectivity index (χ1) is 8.97. The normalized spacial score (nSPS) is 13.5. The number of alkyl halides is 3. The van der Waals surface area contributed by atoms with Gasteiger partial charge in [0.05, 0.1) is 12.2 Å². The molecule has 0 spiro atoms. The molecule has 102 valence electrons. The quantitative estimate of drug-likeness (QED) is 0.940. The summed E-state index contributed by atoms with van der Waals surface area (Å²) in [5, 5.41) is 3.42. The molecule has 19 heavy (non-hydrogen) atoms. The van der Waals surface area contributed by atoms with E-state index in [0.717, 1.165) is 6.20 Å². The Morgan fingerprint density at radius 2 is 1.95 bits per heavy atom. The molecule has 2 aromatic rings. The van der Waals surface area contributed by atoms with Crippen LogP contribution in [0, 0.1) is 0 Å². The molecule has 2 aromatic heterocycles. The number of halogens is 3. The van der Waals surface area contributed by atoms with Crippen LogP contribution in [0.4, 0.5) is 13.2 Å². The molecule has 8 heteroatoms. The van der Waals surface area contributed by atoms with Gasteiger partial charge in [0.25, 0.3) is 0 Å². The second-order valence-electron chi connectivity index (χ2n) is 3.83. The van der Waals surface area contributed by atoms with Gasteiger partial charge in [-0.25, -0.2) is 15.0 Å². The highest BCUT2D eigenvalue weighted by atomic mass is 32.1. The summed E-state index contributed by atoms with van der Waals surface area (Å²) in [7, 11) is 0. The SMILES string of the molecule is CC(NCc1ncc(C(F)(F)F)s1)c1ncccn1. The Labute approximate surface area is 111 Å². The topological polar surface area (TPSA) is 50.7 Å². The van der Waals surface area contributed by atoms with Gasteiger partial charge in [0.15, 0.2) is 0 Å². The maximum Gasteiger partial charge on any atom is 0.427 e. The van der Waals surface area contributed by atoms with E-state index in [0.29, 0.717) is 22.2 Å². The highest BCUT2D eigenvalue weighted by Crippen LogP contribution is 2.33. The standard InChI is InChI=1S/C11H11F3N4S/c1-7(10-15-3-2-4-16-10)17-6-9-18-5-8(19-9)11(12,13)14/h2-5,7,17H,6H2,1H3. The fourth-order valence-corrected chi connectivity index (χ4v) is 2.12. The van der Waals surface area contributed by atoms with Crippen molar-refractivity contribution in [2.45, 2.75) is 25.7 Å². The Hall–Kier alpha value is -1.54. The first-order valence-corrected chi connectivity index (χ1v) is 6.30. The van der Waals surface area contributed by atoms with Crippen molar-refractivity contribution in [3.05, 3.63) is 40.4 Å². The van der Waals surface area contributed by atoms with Crippen LogP contribution < -0.4 is 5.32 Å². The maximum absolute atomic E-state index is 12.4. The lowest BCUT2D eigenvalue weighted by molar-refractivity contribution is -0.134. The van der Waals surface area contributed by atoms with E-state index in [1.54, 1.807) is 18.5 Å². The maximum atomic E-state index is 12.4. The molecule has 0 saturated carbocycles. The van der Waals surface area contributed by atoms with Crippen molar-refractivity contribution in [1.82, 2.24) is 20.3 Å². The van der Waals surface area contributed by atoms with Gasteiger partial charge in [0.2, 0.25) is 0 Å². The monoisotopic (exact) mass is 288 g/mol. The van der Waals surface area contributed by atoms with Crippen LogP contribution in [0.3, 0.4) is 0 Å². The summed E-state index contributed by atoms with van der Waals surface area (Å²) in [4.78, 5) is 11.2. The van der Waals surface area contributed by atoms with E-state index >= 15 is 0 Å². The fraction of sp³-hybridized carbons (Fsp3) is 0.364. The second kappa shape index (κ2) is 5.62. The summed E-state index contributed by atoms with van der Waals surface area (Å²) >= 11 is 0.638. The number of rotatable bonds is 4. The summed E-state index contributed by atoms with van der Waals surface area (Å²) in [6.45, 7) is 2.09. The Morgan fingerprint density at radius 3 is 2.53 bits per heavy atom. The van der Waals surface area contributed by atoms with Crippen LogP contribution in [0.2, 0.25) is 0 Å². The van der Waals surface area contributed by atoms with Crippen LogP contribution in [0.5, 0.6) is 0 Å². The highest BCUT2D eigenvalue weighted by molar-refractivity contribution is 7.11. The van der Waals surface area contributed by atoms with Crippen molar-refractivity contribution >= 4 is 11.3 Å². The molecule has 0 bridgehead atoms. The molecule has 2 rings (SSSR count). The minimum absolute atomic E-state index is 0.153. The van der Waals surface area contributed by atoms with Crippen molar-refractivity contribution < 1.29 is 13.2 Å². The number of thiazole rings is 1. The van der Waals surface area contributed by atoms with E-state index < -0.39 is 11.1 Å². The molecule has 2 heterocycles. The van der Waals surface area contributed by atoms with Gasteiger partial charge in [-0.2, -0.15) is 13.2 Å². The summed E-state index contributed by atoms with van der Waals surface area (Å²) in [6.07, 6.45) is -0.243. The first kappa shape index (κ1) is 13.9. The third-order valence-electron chi connectivity index (χ3n) is 2.37. The molecule has 0 radical (unpaired) electrons.